The molecule has 5 rings (SSSR count). The first-order valence-electron chi connectivity index (χ1n) is 11.6. The Hall–Kier alpha value is -4.20. The fraction of sp³-hybridized carbons (Fsp3) is 0.172. The lowest BCUT2D eigenvalue weighted by Crippen LogP contribution is -2.17. The number of methoxy groups -OCH3 is 1. The van der Waals surface area contributed by atoms with Gasteiger partial charge in [-0.15, -0.1) is 0 Å². The van der Waals surface area contributed by atoms with Gasteiger partial charge in [0, 0.05) is 23.2 Å². The Morgan fingerprint density at radius 1 is 0.806 bits per heavy atom. The molecule has 36 heavy (non-hydrogen) atoms. The van der Waals surface area contributed by atoms with E-state index in [4.69, 9.17) is 14.2 Å². The third kappa shape index (κ3) is 4.79. The molecule has 1 aromatic heterocycles. The fourth-order valence-corrected chi connectivity index (χ4v) is 4.35. The van der Waals surface area contributed by atoms with Gasteiger partial charge in [0.2, 0.25) is 5.43 Å². The van der Waals surface area contributed by atoms with Crippen molar-refractivity contribution < 1.29 is 19.0 Å². The van der Waals surface area contributed by atoms with Crippen LogP contribution in [0.15, 0.2) is 95.9 Å². The quantitative estimate of drug-likeness (QED) is 0.275. The fourth-order valence-electron chi connectivity index (χ4n) is 4.35. The molecule has 0 saturated heterocycles. The molecule has 2 aliphatic rings. The van der Waals surface area contributed by atoms with Crippen molar-refractivity contribution in [1.29, 1.82) is 0 Å². The second-order valence-electron chi connectivity index (χ2n) is 8.42. The zero-order valence-corrected chi connectivity index (χ0v) is 19.9. The molecular formula is C29H26N2O5. The monoisotopic (exact) mass is 482 g/mol. The van der Waals surface area contributed by atoms with Gasteiger partial charge in [0.25, 0.3) is 0 Å². The third-order valence-corrected chi connectivity index (χ3v) is 6.07. The lowest BCUT2D eigenvalue weighted by Gasteiger charge is -2.17. The number of esters is 1. The minimum atomic E-state index is -0.530. The van der Waals surface area contributed by atoms with E-state index < -0.39 is 5.97 Å². The zero-order chi connectivity index (χ0) is 24.9. The topological polar surface area (TPSA) is 71.7 Å². The van der Waals surface area contributed by atoms with Crippen molar-refractivity contribution in [3.63, 3.8) is 0 Å². The highest BCUT2D eigenvalue weighted by atomic mass is 16.5. The van der Waals surface area contributed by atoms with Gasteiger partial charge in [0.1, 0.15) is 19.2 Å². The number of carbonyl (C=O) groups is 1. The molecule has 1 aliphatic heterocycles. The van der Waals surface area contributed by atoms with Crippen LogP contribution in [0, 0.1) is 0 Å². The van der Waals surface area contributed by atoms with Crippen molar-refractivity contribution in [3.8, 4) is 11.3 Å². The average Bonchev–Trinajstić information content (AvgIpc) is 3.30. The molecule has 0 amide bonds. The highest BCUT2D eigenvalue weighted by Gasteiger charge is 2.23. The standard InChI is InChI=1S/C29H26N2O5/c1-34-29(33)26-15-24-23-13-8-14-30(19-35-17-21-9-4-2-5-10-21)25(23)16-27(32)28(24)31(26)20-36-18-22-11-6-3-7-12-22/h2-16H,17-20H2,1H3. The highest BCUT2D eigenvalue weighted by Crippen LogP contribution is 2.31. The van der Waals surface area contributed by atoms with E-state index in [0.29, 0.717) is 24.1 Å². The smallest absolute Gasteiger partial charge is 0.354 e. The molecule has 7 nitrogen and oxygen atoms in total. The minimum absolute atomic E-state index is 0.0383. The average molecular weight is 483 g/mol. The predicted molar refractivity (Wildman–Crippen MR) is 137 cm³/mol. The summed E-state index contributed by atoms with van der Waals surface area (Å²) in [4.78, 5) is 25.9. The largest absolute Gasteiger partial charge is 0.464 e. The lowest BCUT2D eigenvalue weighted by atomic mass is 10.0. The van der Waals surface area contributed by atoms with Crippen molar-refractivity contribution >= 4 is 16.9 Å². The number of carbonyl (C=O) groups excluding carboxylic acids is 1. The normalized spacial score (nSPS) is 11.2. The number of rotatable bonds is 9. The molecule has 0 atom stereocenters. The van der Waals surface area contributed by atoms with Crippen LogP contribution in [0.3, 0.4) is 0 Å². The first kappa shape index (κ1) is 23.5. The Kier molecular flexibility index (Phi) is 6.93. The van der Waals surface area contributed by atoms with Crippen LogP contribution < -0.4 is 5.43 Å². The Balaban J connectivity index is 1.48. The van der Waals surface area contributed by atoms with Crippen LogP contribution in [0.5, 0.6) is 0 Å². The van der Waals surface area contributed by atoms with Gasteiger partial charge in [-0.25, -0.2) is 4.79 Å². The number of ether oxygens (including phenoxy) is 3. The molecule has 2 heterocycles. The zero-order valence-electron chi connectivity index (χ0n) is 19.9. The second kappa shape index (κ2) is 10.6. The molecule has 0 saturated carbocycles. The number of nitrogens with zero attached hydrogens (tertiary/aromatic N) is 2. The van der Waals surface area contributed by atoms with Gasteiger partial charge in [-0.05, 0) is 23.3 Å². The van der Waals surface area contributed by atoms with E-state index >= 15 is 0 Å². The van der Waals surface area contributed by atoms with Crippen LogP contribution in [0.1, 0.15) is 21.6 Å². The summed E-state index contributed by atoms with van der Waals surface area (Å²) in [5.41, 5.74) is 4.08. The maximum absolute atomic E-state index is 13.3. The summed E-state index contributed by atoms with van der Waals surface area (Å²) in [5.74, 6) is -0.530. The molecule has 3 aromatic rings. The molecule has 0 bridgehead atoms. The number of fused-ring (bicyclic) bond motifs is 3. The summed E-state index contributed by atoms with van der Waals surface area (Å²) in [5, 5.41) is 0.665. The minimum Gasteiger partial charge on any atom is -0.464 e. The summed E-state index contributed by atoms with van der Waals surface area (Å²) in [7, 11) is 1.32. The molecule has 182 valence electrons. The maximum Gasteiger partial charge on any atom is 0.354 e. The summed E-state index contributed by atoms with van der Waals surface area (Å²) in [6.45, 7) is 1.12. The molecule has 0 fully saturated rings. The molecule has 2 aromatic carbocycles. The van der Waals surface area contributed by atoms with Gasteiger partial charge in [-0.2, -0.15) is 0 Å². The number of benzene rings is 3. The van der Waals surface area contributed by atoms with E-state index in [2.05, 4.69) is 0 Å². The Morgan fingerprint density at radius 3 is 2.08 bits per heavy atom. The SMILES string of the molecule is COC(=O)c1cc2c3cccn(COCc4ccccc4)c-3cc(=O)c2n1COCc1ccccc1. The lowest BCUT2D eigenvalue weighted by molar-refractivity contribution is 0.0499. The molecule has 7 heteroatoms. The first-order chi connectivity index (χ1) is 17.7. The van der Waals surface area contributed by atoms with Gasteiger partial charge in [0.05, 0.1) is 31.5 Å². The van der Waals surface area contributed by atoms with E-state index in [1.54, 1.807) is 16.7 Å². The van der Waals surface area contributed by atoms with Crippen molar-refractivity contribution in [1.82, 2.24) is 9.13 Å². The Labute approximate surface area is 208 Å². The molecule has 0 N–H and O–H groups in total. The number of aromatic nitrogens is 2. The van der Waals surface area contributed by atoms with Crippen molar-refractivity contribution in [2.24, 2.45) is 0 Å². The predicted octanol–water partition coefficient (Wildman–Crippen LogP) is 5.04. The van der Waals surface area contributed by atoms with E-state index in [-0.39, 0.29) is 24.6 Å². The third-order valence-electron chi connectivity index (χ3n) is 6.07. The van der Waals surface area contributed by atoms with Crippen LogP contribution in [0.25, 0.3) is 22.2 Å². The van der Waals surface area contributed by atoms with Gasteiger partial charge in [-0.1, -0.05) is 66.7 Å². The number of pyridine rings is 1. The first-order valence-corrected chi connectivity index (χ1v) is 11.6. The molecule has 0 radical (unpaired) electrons. The van der Waals surface area contributed by atoms with Crippen LogP contribution >= 0.6 is 0 Å². The van der Waals surface area contributed by atoms with Gasteiger partial charge in [-0.3, -0.25) is 4.79 Å². The molecular weight excluding hydrogens is 456 g/mol. The highest BCUT2D eigenvalue weighted by molar-refractivity contribution is 6.02. The van der Waals surface area contributed by atoms with Crippen molar-refractivity contribution in [2.45, 2.75) is 26.7 Å². The van der Waals surface area contributed by atoms with E-state index in [1.807, 2.05) is 83.6 Å². The molecule has 1 aliphatic carbocycles. The Morgan fingerprint density at radius 2 is 1.44 bits per heavy atom. The van der Waals surface area contributed by atoms with Crippen molar-refractivity contribution in [2.75, 3.05) is 7.11 Å². The van der Waals surface area contributed by atoms with Gasteiger partial charge in [0.15, 0.2) is 0 Å². The summed E-state index contributed by atoms with van der Waals surface area (Å²) >= 11 is 0. The Bertz CT molecular complexity index is 1510. The van der Waals surface area contributed by atoms with Crippen LogP contribution in [0.2, 0.25) is 0 Å². The van der Waals surface area contributed by atoms with Crippen LogP contribution in [0.4, 0.5) is 0 Å². The summed E-state index contributed by atoms with van der Waals surface area (Å²) < 4.78 is 20.3. The number of hydrogen-bond acceptors (Lipinski definition) is 5. The van der Waals surface area contributed by atoms with Crippen molar-refractivity contribution in [3.05, 3.63) is 118 Å². The van der Waals surface area contributed by atoms with E-state index in [0.717, 1.165) is 22.4 Å². The number of hydrogen-bond donors (Lipinski definition) is 0. The maximum atomic E-state index is 13.3. The van der Waals surface area contributed by atoms with E-state index in [1.165, 1.54) is 7.11 Å². The van der Waals surface area contributed by atoms with Gasteiger partial charge >= 0.3 is 5.97 Å². The van der Waals surface area contributed by atoms with Crippen LogP contribution in [-0.2, 0) is 40.9 Å². The summed E-state index contributed by atoms with van der Waals surface area (Å²) in [6, 6.07) is 26.7. The van der Waals surface area contributed by atoms with Crippen LogP contribution in [-0.4, -0.2) is 22.2 Å². The van der Waals surface area contributed by atoms with Gasteiger partial charge < -0.3 is 23.3 Å². The molecule has 0 spiro atoms. The second-order valence-corrected chi connectivity index (χ2v) is 8.42. The summed E-state index contributed by atoms with van der Waals surface area (Å²) in [6.07, 6.45) is 1.87. The van der Waals surface area contributed by atoms with E-state index in [9.17, 15) is 9.59 Å². The molecule has 0 unspecified atom stereocenters.